The zero-order valence-corrected chi connectivity index (χ0v) is 14.1. The summed E-state index contributed by atoms with van der Waals surface area (Å²) >= 11 is 3.38. The first-order chi connectivity index (χ1) is 10.6. The average Bonchev–Trinajstić information content (AvgIpc) is 2.55. The Labute approximate surface area is 138 Å². The minimum absolute atomic E-state index is 0.126. The second kappa shape index (κ2) is 7.84. The Hall–Kier alpha value is -2.01. The van der Waals surface area contributed by atoms with Crippen LogP contribution in [0.25, 0.3) is 0 Å². The molecule has 0 spiro atoms. The number of amides is 1. The van der Waals surface area contributed by atoms with Crippen molar-refractivity contribution in [2.45, 2.75) is 6.42 Å². The summed E-state index contributed by atoms with van der Waals surface area (Å²) in [5.74, 6) is 1.36. The van der Waals surface area contributed by atoms with E-state index in [-0.39, 0.29) is 5.91 Å². The second-order valence-electron chi connectivity index (χ2n) is 4.70. The van der Waals surface area contributed by atoms with Gasteiger partial charge in [-0.25, -0.2) is 0 Å². The first-order valence-electron chi connectivity index (χ1n) is 6.88. The lowest BCUT2D eigenvalue weighted by Gasteiger charge is -2.09. The molecule has 0 saturated heterocycles. The molecule has 2 aromatic carbocycles. The third-order valence-electron chi connectivity index (χ3n) is 3.28. The number of carbonyl (C=O) groups excluding carboxylic acids is 1. The summed E-state index contributed by atoms with van der Waals surface area (Å²) < 4.78 is 11.0. The van der Waals surface area contributed by atoms with Gasteiger partial charge in [-0.3, -0.25) is 4.79 Å². The lowest BCUT2D eigenvalue weighted by molar-refractivity contribution is 0.0953. The molecule has 2 aromatic rings. The van der Waals surface area contributed by atoms with E-state index in [9.17, 15) is 4.79 Å². The van der Waals surface area contributed by atoms with Gasteiger partial charge in [-0.2, -0.15) is 0 Å². The highest BCUT2D eigenvalue weighted by molar-refractivity contribution is 9.10. The molecule has 0 radical (unpaired) electrons. The molecule has 22 heavy (non-hydrogen) atoms. The number of carbonyl (C=O) groups is 1. The van der Waals surface area contributed by atoms with Crippen molar-refractivity contribution < 1.29 is 14.3 Å². The molecule has 0 unspecified atom stereocenters. The average molecular weight is 364 g/mol. The monoisotopic (exact) mass is 363 g/mol. The van der Waals surface area contributed by atoms with Gasteiger partial charge >= 0.3 is 0 Å². The Morgan fingerprint density at radius 2 is 1.68 bits per heavy atom. The Morgan fingerprint density at radius 1 is 1.05 bits per heavy atom. The molecular formula is C17H18BrNO3. The van der Waals surface area contributed by atoms with Crippen LogP contribution in [0.5, 0.6) is 11.5 Å². The number of hydrogen-bond donors (Lipinski definition) is 1. The molecule has 0 aliphatic carbocycles. The van der Waals surface area contributed by atoms with E-state index in [2.05, 4.69) is 21.2 Å². The first-order valence-corrected chi connectivity index (χ1v) is 7.68. The number of nitrogens with one attached hydrogen (secondary N) is 1. The van der Waals surface area contributed by atoms with Crippen LogP contribution >= 0.6 is 15.9 Å². The highest BCUT2D eigenvalue weighted by Crippen LogP contribution is 2.22. The molecular weight excluding hydrogens is 346 g/mol. The summed E-state index contributed by atoms with van der Waals surface area (Å²) in [6.45, 7) is 0.564. The van der Waals surface area contributed by atoms with Crippen molar-refractivity contribution in [2.75, 3.05) is 20.8 Å². The standard InChI is InChI=1S/C17H18BrNO3/c1-21-13-5-3-12(4-6-13)9-10-19-17(20)15-11-14(22-2)7-8-16(15)18/h3-8,11H,9-10H2,1-2H3,(H,19,20). The quantitative estimate of drug-likeness (QED) is 0.854. The highest BCUT2D eigenvalue weighted by Gasteiger charge is 2.10. The normalized spacial score (nSPS) is 10.1. The number of ether oxygens (including phenoxy) is 2. The molecule has 1 N–H and O–H groups in total. The molecule has 0 saturated carbocycles. The van der Waals surface area contributed by atoms with Crippen LogP contribution in [0.1, 0.15) is 15.9 Å². The van der Waals surface area contributed by atoms with Crippen molar-refractivity contribution in [3.8, 4) is 11.5 Å². The molecule has 0 aromatic heterocycles. The van der Waals surface area contributed by atoms with Gasteiger partial charge in [0.05, 0.1) is 19.8 Å². The number of halogens is 1. The van der Waals surface area contributed by atoms with Crippen LogP contribution in [-0.2, 0) is 6.42 Å². The zero-order valence-electron chi connectivity index (χ0n) is 12.6. The van der Waals surface area contributed by atoms with Gasteiger partial charge in [0.2, 0.25) is 0 Å². The third kappa shape index (κ3) is 4.24. The highest BCUT2D eigenvalue weighted by atomic mass is 79.9. The predicted octanol–water partition coefficient (Wildman–Crippen LogP) is 3.44. The lowest BCUT2D eigenvalue weighted by atomic mass is 10.1. The van der Waals surface area contributed by atoms with E-state index in [1.54, 1.807) is 32.4 Å². The van der Waals surface area contributed by atoms with Crippen molar-refractivity contribution in [1.82, 2.24) is 5.32 Å². The largest absolute Gasteiger partial charge is 0.497 e. The maximum absolute atomic E-state index is 12.2. The van der Waals surface area contributed by atoms with Crippen molar-refractivity contribution in [3.63, 3.8) is 0 Å². The minimum Gasteiger partial charge on any atom is -0.497 e. The van der Waals surface area contributed by atoms with Gasteiger partial charge in [0, 0.05) is 11.0 Å². The Kier molecular flexibility index (Phi) is 5.83. The van der Waals surface area contributed by atoms with E-state index < -0.39 is 0 Å². The summed E-state index contributed by atoms with van der Waals surface area (Å²) in [6.07, 6.45) is 0.761. The van der Waals surface area contributed by atoms with Crippen LogP contribution in [0.2, 0.25) is 0 Å². The molecule has 0 atom stereocenters. The SMILES string of the molecule is COc1ccc(CCNC(=O)c2cc(OC)ccc2Br)cc1. The van der Waals surface area contributed by atoms with Gasteiger partial charge < -0.3 is 14.8 Å². The van der Waals surface area contributed by atoms with Crippen molar-refractivity contribution >= 4 is 21.8 Å². The van der Waals surface area contributed by atoms with E-state index in [4.69, 9.17) is 9.47 Å². The van der Waals surface area contributed by atoms with Gasteiger partial charge in [-0.15, -0.1) is 0 Å². The van der Waals surface area contributed by atoms with E-state index in [0.717, 1.165) is 22.2 Å². The summed E-state index contributed by atoms with van der Waals surface area (Å²) in [5.41, 5.74) is 1.71. The topological polar surface area (TPSA) is 47.6 Å². The summed E-state index contributed by atoms with van der Waals surface area (Å²) in [4.78, 5) is 12.2. The maximum atomic E-state index is 12.2. The lowest BCUT2D eigenvalue weighted by Crippen LogP contribution is -2.26. The molecule has 0 heterocycles. The van der Waals surface area contributed by atoms with E-state index >= 15 is 0 Å². The van der Waals surface area contributed by atoms with Crippen LogP contribution in [0.3, 0.4) is 0 Å². The van der Waals surface area contributed by atoms with E-state index in [1.165, 1.54) is 0 Å². The second-order valence-corrected chi connectivity index (χ2v) is 5.55. The van der Waals surface area contributed by atoms with Crippen LogP contribution < -0.4 is 14.8 Å². The van der Waals surface area contributed by atoms with Crippen LogP contribution in [0, 0.1) is 0 Å². The van der Waals surface area contributed by atoms with Crippen LogP contribution in [-0.4, -0.2) is 26.7 Å². The molecule has 0 fully saturated rings. The van der Waals surface area contributed by atoms with E-state index in [0.29, 0.717) is 17.9 Å². The molecule has 4 nitrogen and oxygen atoms in total. The molecule has 2 rings (SSSR count). The minimum atomic E-state index is -0.126. The number of rotatable bonds is 6. The number of benzene rings is 2. The molecule has 116 valence electrons. The van der Waals surface area contributed by atoms with Crippen LogP contribution in [0.4, 0.5) is 0 Å². The molecule has 1 amide bonds. The molecule has 5 heteroatoms. The molecule has 0 aliphatic heterocycles. The van der Waals surface area contributed by atoms with Crippen molar-refractivity contribution in [2.24, 2.45) is 0 Å². The fourth-order valence-corrected chi connectivity index (χ4v) is 2.44. The van der Waals surface area contributed by atoms with Crippen LogP contribution in [0.15, 0.2) is 46.9 Å². The Morgan fingerprint density at radius 3 is 2.32 bits per heavy atom. The Bertz CT molecular complexity index is 641. The summed E-state index contributed by atoms with van der Waals surface area (Å²) in [5, 5.41) is 2.91. The van der Waals surface area contributed by atoms with Gasteiger partial charge in [-0.05, 0) is 58.2 Å². The third-order valence-corrected chi connectivity index (χ3v) is 3.97. The fraction of sp³-hybridized carbons (Fsp3) is 0.235. The Balaban J connectivity index is 1.92. The summed E-state index contributed by atoms with van der Waals surface area (Å²) in [7, 11) is 3.22. The van der Waals surface area contributed by atoms with Gasteiger partial charge in [0.25, 0.3) is 5.91 Å². The van der Waals surface area contributed by atoms with Gasteiger partial charge in [0.1, 0.15) is 11.5 Å². The number of methoxy groups -OCH3 is 2. The summed E-state index contributed by atoms with van der Waals surface area (Å²) in [6, 6.07) is 13.1. The van der Waals surface area contributed by atoms with E-state index in [1.807, 2.05) is 24.3 Å². The van der Waals surface area contributed by atoms with Crippen molar-refractivity contribution in [1.29, 1.82) is 0 Å². The number of hydrogen-bond acceptors (Lipinski definition) is 3. The fourth-order valence-electron chi connectivity index (χ4n) is 2.01. The van der Waals surface area contributed by atoms with Crippen molar-refractivity contribution in [3.05, 3.63) is 58.1 Å². The smallest absolute Gasteiger partial charge is 0.252 e. The molecule has 0 aliphatic rings. The van der Waals surface area contributed by atoms with Gasteiger partial charge in [-0.1, -0.05) is 12.1 Å². The maximum Gasteiger partial charge on any atom is 0.252 e. The van der Waals surface area contributed by atoms with Gasteiger partial charge in [0.15, 0.2) is 0 Å². The zero-order chi connectivity index (χ0) is 15.9. The predicted molar refractivity (Wildman–Crippen MR) is 89.7 cm³/mol. The molecule has 0 bridgehead atoms. The first kappa shape index (κ1) is 16.4.